The van der Waals surface area contributed by atoms with Crippen molar-refractivity contribution >= 4 is 11.9 Å². The fraction of sp³-hybridized carbons (Fsp3) is 0.300. The van der Waals surface area contributed by atoms with Gasteiger partial charge in [0.15, 0.2) is 6.61 Å². The number of rotatable bonds is 6. The van der Waals surface area contributed by atoms with Gasteiger partial charge < -0.3 is 15.2 Å². The fourth-order valence-electron chi connectivity index (χ4n) is 2.28. The number of hydrogen-bond acceptors (Lipinski definition) is 4. The van der Waals surface area contributed by atoms with E-state index < -0.39 is 18.0 Å². The number of primary amides is 1. The molecule has 5 heteroatoms. The molecule has 1 unspecified atom stereocenters. The third-order valence-corrected chi connectivity index (χ3v) is 3.69. The molecule has 0 saturated heterocycles. The molecule has 0 radical (unpaired) electrons. The van der Waals surface area contributed by atoms with Crippen molar-refractivity contribution in [2.24, 2.45) is 5.73 Å². The minimum Gasteiger partial charge on any atom is -0.482 e. The van der Waals surface area contributed by atoms with Crippen molar-refractivity contribution in [1.29, 1.82) is 0 Å². The van der Waals surface area contributed by atoms with Crippen molar-refractivity contribution in [2.75, 3.05) is 6.61 Å². The topological polar surface area (TPSA) is 78.6 Å². The summed E-state index contributed by atoms with van der Waals surface area (Å²) in [5.74, 6) is -0.832. The predicted octanol–water partition coefficient (Wildman–Crippen LogP) is 3.13. The first-order valence-corrected chi connectivity index (χ1v) is 8.04. The molecule has 1 atom stereocenters. The summed E-state index contributed by atoms with van der Waals surface area (Å²) in [5, 5.41) is 0. The number of hydrogen-bond donors (Lipinski definition) is 1. The van der Waals surface area contributed by atoms with Gasteiger partial charge in [0.05, 0.1) is 0 Å². The molecular weight excluding hydrogens is 318 g/mol. The fourth-order valence-corrected chi connectivity index (χ4v) is 2.28. The lowest BCUT2D eigenvalue weighted by Gasteiger charge is -2.19. The van der Waals surface area contributed by atoms with Crippen molar-refractivity contribution in [3.05, 3.63) is 65.7 Å². The molecule has 0 spiro atoms. The molecule has 0 aromatic heterocycles. The first-order valence-electron chi connectivity index (χ1n) is 8.04. The van der Waals surface area contributed by atoms with Crippen molar-refractivity contribution in [3.63, 3.8) is 0 Å². The largest absolute Gasteiger partial charge is 0.482 e. The van der Waals surface area contributed by atoms with Crippen LogP contribution in [0.4, 0.5) is 0 Å². The third-order valence-electron chi connectivity index (χ3n) is 3.69. The lowest BCUT2D eigenvalue weighted by molar-refractivity contribution is -0.157. The molecule has 0 aliphatic heterocycles. The summed E-state index contributed by atoms with van der Waals surface area (Å²) in [6.07, 6.45) is -1.12. The van der Waals surface area contributed by atoms with E-state index in [-0.39, 0.29) is 12.0 Å². The van der Waals surface area contributed by atoms with Gasteiger partial charge in [0.2, 0.25) is 6.10 Å². The number of nitrogens with two attached hydrogens (primary N) is 1. The summed E-state index contributed by atoms with van der Waals surface area (Å²) < 4.78 is 10.6. The van der Waals surface area contributed by atoms with Crippen molar-refractivity contribution in [3.8, 4) is 5.75 Å². The lowest BCUT2D eigenvalue weighted by atomic mass is 9.87. The molecule has 2 aromatic rings. The molecule has 0 heterocycles. The first-order chi connectivity index (χ1) is 11.8. The molecule has 2 aromatic carbocycles. The van der Waals surface area contributed by atoms with Gasteiger partial charge in [-0.15, -0.1) is 0 Å². The molecular formula is C20H23NO4. The Morgan fingerprint density at radius 1 is 1.00 bits per heavy atom. The van der Waals surface area contributed by atoms with E-state index in [2.05, 4.69) is 20.8 Å². The summed E-state index contributed by atoms with van der Waals surface area (Å²) in [7, 11) is 0. The Balaban J connectivity index is 1.94. The van der Waals surface area contributed by atoms with Crippen LogP contribution in [0.25, 0.3) is 0 Å². The third kappa shape index (κ3) is 5.35. The van der Waals surface area contributed by atoms with E-state index in [1.165, 1.54) is 5.56 Å². The van der Waals surface area contributed by atoms with Crippen LogP contribution in [-0.2, 0) is 19.7 Å². The summed E-state index contributed by atoms with van der Waals surface area (Å²) in [4.78, 5) is 23.5. The summed E-state index contributed by atoms with van der Waals surface area (Å²) in [6.45, 7) is 6.06. The number of amides is 1. The van der Waals surface area contributed by atoms with Gasteiger partial charge in [-0.05, 0) is 23.1 Å². The normalized spacial score (nSPS) is 12.3. The average Bonchev–Trinajstić information content (AvgIpc) is 2.58. The van der Waals surface area contributed by atoms with E-state index in [1.54, 1.807) is 42.5 Å². The number of ether oxygens (including phenoxy) is 2. The number of esters is 1. The van der Waals surface area contributed by atoms with Crippen LogP contribution in [0.5, 0.6) is 5.75 Å². The Bertz CT molecular complexity index is 718. The van der Waals surface area contributed by atoms with Crippen LogP contribution in [0.15, 0.2) is 54.6 Å². The minimum absolute atomic E-state index is 0.0435. The Morgan fingerprint density at radius 2 is 1.60 bits per heavy atom. The van der Waals surface area contributed by atoms with Gasteiger partial charge in [-0.25, -0.2) is 4.79 Å². The molecule has 2 rings (SSSR count). The maximum Gasteiger partial charge on any atom is 0.345 e. The number of carbonyl (C=O) groups is 2. The van der Waals surface area contributed by atoms with Crippen LogP contribution < -0.4 is 10.5 Å². The zero-order valence-electron chi connectivity index (χ0n) is 14.7. The second kappa shape index (κ2) is 7.83. The van der Waals surface area contributed by atoms with Gasteiger partial charge in [-0.2, -0.15) is 0 Å². The molecule has 2 N–H and O–H groups in total. The molecule has 0 aliphatic carbocycles. The van der Waals surface area contributed by atoms with E-state index >= 15 is 0 Å². The van der Waals surface area contributed by atoms with E-state index in [4.69, 9.17) is 15.2 Å². The first kappa shape index (κ1) is 18.5. The highest BCUT2D eigenvalue weighted by Crippen LogP contribution is 2.24. The molecule has 0 aliphatic rings. The molecule has 0 saturated carbocycles. The predicted molar refractivity (Wildman–Crippen MR) is 95.1 cm³/mol. The molecule has 25 heavy (non-hydrogen) atoms. The maximum absolute atomic E-state index is 12.0. The molecule has 1 amide bonds. The van der Waals surface area contributed by atoms with E-state index in [0.717, 1.165) is 0 Å². The van der Waals surface area contributed by atoms with Crippen molar-refractivity contribution in [2.45, 2.75) is 32.3 Å². The van der Waals surface area contributed by atoms with Crippen molar-refractivity contribution in [1.82, 2.24) is 0 Å². The second-order valence-corrected chi connectivity index (χ2v) is 6.75. The van der Waals surface area contributed by atoms with Gasteiger partial charge in [0.25, 0.3) is 5.91 Å². The Morgan fingerprint density at radius 3 is 2.12 bits per heavy atom. The SMILES string of the molecule is CC(C)(C)c1ccc(OCC(=O)OC(C(N)=O)c2ccccc2)cc1. The highest BCUT2D eigenvalue weighted by atomic mass is 16.6. The smallest absolute Gasteiger partial charge is 0.345 e. The van der Waals surface area contributed by atoms with E-state index in [0.29, 0.717) is 11.3 Å². The monoisotopic (exact) mass is 341 g/mol. The lowest BCUT2D eigenvalue weighted by Crippen LogP contribution is -2.28. The van der Waals surface area contributed by atoms with Crippen molar-refractivity contribution < 1.29 is 19.1 Å². The van der Waals surface area contributed by atoms with Crippen LogP contribution in [0, 0.1) is 0 Å². The zero-order chi connectivity index (χ0) is 18.4. The molecule has 132 valence electrons. The van der Waals surface area contributed by atoms with Gasteiger partial charge in [0.1, 0.15) is 5.75 Å². The van der Waals surface area contributed by atoms with Gasteiger partial charge in [-0.3, -0.25) is 4.79 Å². The molecule has 0 fully saturated rings. The average molecular weight is 341 g/mol. The Hall–Kier alpha value is -2.82. The Labute approximate surface area is 147 Å². The van der Waals surface area contributed by atoms with Crippen LogP contribution in [0.2, 0.25) is 0 Å². The standard InChI is InChI=1S/C20H23NO4/c1-20(2,3)15-9-11-16(12-10-15)24-13-17(22)25-18(19(21)23)14-7-5-4-6-8-14/h4-12,18H,13H2,1-3H3,(H2,21,23). The maximum atomic E-state index is 12.0. The quantitative estimate of drug-likeness (QED) is 0.819. The van der Waals surface area contributed by atoms with Gasteiger partial charge >= 0.3 is 5.97 Å². The van der Waals surface area contributed by atoms with E-state index in [9.17, 15) is 9.59 Å². The van der Waals surface area contributed by atoms with Gasteiger partial charge in [0, 0.05) is 5.56 Å². The summed E-state index contributed by atoms with van der Waals surface area (Å²) in [5.41, 5.74) is 7.06. The highest BCUT2D eigenvalue weighted by molar-refractivity contribution is 5.83. The highest BCUT2D eigenvalue weighted by Gasteiger charge is 2.22. The minimum atomic E-state index is -1.12. The number of carbonyl (C=O) groups excluding carboxylic acids is 2. The molecule has 5 nitrogen and oxygen atoms in total. The molecule has 0 bridgehead atoms. The summed E-state index contributed by atoms with van der Waals surface area (Å²) >= 11 is 0. The summed E-state index contributed by atoms with van der Waals surface area (Å²) in [6, 6.07) is 16.1. The van der Waals surface area contributed by atoms with Crippen LogP contribution >= 0.6 is 0 Å². The zero-order valence-corrected chi connectivity index (χ0v) is 14.7. The van der Waals surface area contributed by atoms with Gasteiger partial charge in [-0.1, -0.05) is 63.2 Å². The van der Waals surface area contributed by atoms with Crippen LogP contribution in [0.1, 0.15) is 38.0 Å². The van der Waals surface area contributed by atoms with Crippen LogP contribution in [0.3, 0.4) is 0 Å². The second-order valence-electron chi connectivity index (χ2n) is 6.75. The Kier molecular flexibility index (Phi) is 5.80. The van der Waals surface area contributed by atoms with E-state index in [1.807, 2.05) is 12.1 Å². The van der Waals surface area contributed by atoms with Crippen LogP contribution in [-0.4, -0.2) is 18.5 Å². The number of benzene rings is 2.